The molecule has 0 spiro atoms. The molecule has 2 aromatic rings. The van der Waals surface area contributed by atoms with E-state index in [-0.39, 0.29) is 5.02 Å². The lowest BCUT2D eigenvalue weighted by atomic mass is 10.3. The van der Waals surface area contributed by atoms with Crippen LogP contribution in [-0.4, -0.2) is 0 Å². The number of rotatable bonds is 3. The van der Waals surface area contributed by atoms with Crippen molar-refractivity contribution in [1.82, 2.24) is 0 Å². The van der Waals surface area contributed by atoms with Gasteiger partial charge < -0.3 is 9.73 Å². The Morgan fingerprint density at radius 3 is 2.62 bits per heavy atom. The smallest absolute Gasteiger partial charge is 0.193 e. The number of nitrogens with one attached hydrogen (secondary N) is 1. The quantitative estimate of drug-likeness (QED) is 0.888. The molecule has 0 fully saturated rings. The maximum atomic E-state index is 13.1. The van der Waals surface area contributed by atoms with Crippen LogP contribution in [-0.2, 0) is 6.54 Å². The molecule has 0 aliphatic carbocycles. The summed E-state index contributed by atoms with van der Waals surface area (Å²) in [5.74, 6) is 0.226. The number of anilines is 1. The van der Waals surface area contributed by atoms with Crippen LogP contribution in [0.4, 0.5) is 10.1 Å². The van der Waals surface area contributed by atoms with E-state index < -0.39 is 5.82 Å². The molecule has 1 aromatic heterocycles. The second-order valence-corrected chi connectivity index (χ2v) is 3.97. The zero-order valence-electron chi connectivity index (χ0n) is 8.14. The Balaban J connectivity index is 2.02. The highest BCUT2D eigenvalue weighted by atomic mass is 35.5. The lowest BCUT2D eigenvalue weighted by molar-refractivity contribution is 0.520. The standard InChI is InChI=1S/C11H8Cl2FNO/c12-9-3-1-7(5-10(9)14)15-6-8-2-4-11(13)16-8/h1-5,15H,6H2. The summed E-state index contributed by atoms with van der Waals surface area (Å²) in [6, 6.07) is 7.92. The normalized spacial score (nSPS) is 10.4. The molecule has 0 radical (unpaired) electrons. The molecule has 0 unspecified atom stereocenters. The van der Waals surface area contributed by atoms with Gasteiger partial charge in [-0.3, -0.25) is 0 Å². The minimum atomic E-state index is -0.454. The number of furan rings is 1. The van der Waals surface area contributed by atoms with Gasteiger partial charge in [0.25, 0.3) is 0 Å². The van der Waals surface area contributed by atoms with Gasteiger partial charge in [0.05, 0.1) is 11.6 Å². The van der Waals surface area contributed by atoms with E-state index in [0.717, 1.165) is 0 Å². The van der Waals surface area contributed by atoms with Crippen LogP contribution in [0.5, 0.6) is 0 Å². The van der Waals surface area contributed by atoms with Gasteiger partial charge in [0.1, 0.15) is 11.6 Å². The maximum absolute atomic E-state index is 13.1. The molecule has 2 nitrogen and oxygen atoms in total. The Morgan fingerprint density at radius 2 is 2.00 bits per heavy atom. The maximum Gasteiger partial charge on any atom is 0.193 e. The third-order valence-corrected chi connectivity index (χ3v) is 2.52. The lowest BCUT2D eigenvalue weighted by Gasteiger charge is -2.04. The number of halogens is 3. The van der Waals surface area contributed by atoms with Crippen LogP contribution in [0.3, 0.4) is 0 Å². The van der Waals surface area contributed by atoms with Crippen molar-refractivity contribution in [3.63, 3.8) is 0 Å². The van der Waals surface area contributed by atoms with Crippen LogP contribution >= 0.6 is 23.2 Å². The summed E-state index contributed by atoms with van der Waals surface area (Å²) in [6.07, 6.45) is 0. The van der Waals surface area contributed by atoms with Crippen LogP contribution in [0.2, 0.25) is 10.2 Å². The number of benzene rings is 1. The van der Waals surface area contributed by atoms with Gasteiger partial charge in [0.15, 0.2) is 5.22 Å². The van der Waals surface area contributed by atoms with Crippen molar-refractivity contribution in [1.29, 1.82) is 0 Å². The molecule has 0 atom stereocenters. The zero-order chi connectivity index (χ0) is 11.5. The highest BCUT2D eigenvalue weighted by Crippen LogP contribution is 2.20. The van der Waals surface area contributed by atoms with Gasteiger partial charge in [0.2, 0.25) is 0 Å². The molecule has 2 rings (SSSR count). The first-order chi connectivity index (χ1) is 7.65. The fraction of sp³-hybridized carbons (Fsp3) is 0.0909. The first-order valence-electron chi connectivity index (χ1n) is 4.58. The Hall–Kier alpha value is -1.19. The minimum Gasteiger partial charge on any atom is -0.448 e. The van der Waals surface area contributed by atoms with E-state index in [9.17, 15) is 4.39 Å². The van der Waals surface area contributed by atoms with E-state index in [1.54, 1.807) is 18.2 Å². The second kappa shape index (κ2) is 4.76. The number of hydrogen-bond donors (Lipinski definition) is 1. The van der Waals surface area contributed by atoms with Crippen molar-refractivity contribution in [2.24, 2.45) is 0 Å². The molecular formula is C11H8Cl2FNO. The molecular weight excluding hydrogens is 252 g/mol. The topological polar surface area (TPSA) is 25.2 Å². The van der Waals surface area contributed by atoms with Crippen molar-refractivity contribution in [2.75, 3.05) is 5.32 Å². The third-order valence-electron chi connectivity index (χ3n) is 2.02. The van der Waals surface area contributed by atoms with Gasteiger partial charge >= 0.3 is 0 Å². The van der Waals surface area contributed by atoms with Crippen molar-refractivity contribution in [3.05, 3.63) is 52.2 Å². The van der Waals surface area contributed by atoms with Crippen LogP contribution < -0.4 is 5.32 Å². The first-order valence-corrected chi connectivity index (χ1v) is 5.34. The van der Waals surface area contributed by atoms with Gasteiger partial charge in [-0.05, 0) is 41.9 Å². The Kier molecular flexibility index (Phi) is 3.36. The molecule has 1 heterocycles. The largest absolute Gasteiger partial charge is 0.448 e. The van der Waals surface area contributed by atoms with Gasteiger partial charge in [-0.1, -0.05) is 11.6 Å². The molecule has 0 bridgehead atoms. The molecule has 84 valence electrons. The zero-order valence-corrected chi connectivity index (χ0v) is 9.65. The SMILES string of the molecule is Fc1cc(NCc2ccc(Cl)o2)ccc1Cl. The fourth-order valence-corrected chi connectivity index (χ4v) is 1.52. The predicted octanol–water partition coefficient (Wildman–Crippen LogP) is 4.34. The van der Waals surface area contributed by atoms with E-state index >= 15 is 0 Å². The molecule has 16 heavy (non-hydrogen) atoms. The van der Waals surface area contributed by atoms with Crippen molar-refractivity contribution < 1.29 is 8.81 Å². The fourth-order valence-electron chi connectivity index (χ4n) is 1.24. The molecule has 0 amide bonds. The van der Waals surface area contributed by atoms with Gasteiger partial charge in [-0.2, -0.15) is 0 Å². The van der Waals surface area contributed by atoms with Crippen molar-refractivity contribution in [3.8, 4) is 0 Å². The summed E-state index contributed by atoms with van der Waals surface area (Å²) < 4.78 is 18.2. The summed E-state index contributed by atoms with van der Waals surface area (Å²) in [5.41, 5.74) is 0.634. The predicted molar refractivity (Wildman–Crippen MR) is 62.5 cm³/mol. The van der Waals surface area contributed by atoms with Gasteiger partial charge in [-0.15, -0.1) is 0 Å². The first kappa shape index (κ1) is 11.3. The molecule has 1 N–H and O–H groups in total. The van der Waals surface area contributed by atoms with E-state index in [2.05, 4.69) is 5.32 Å². The summed E-state index contributed by atoms with van der Waals surface area (Å²) >= 11 is 11.2. The summed E-state index contributed by atoms with van der Waals surface area (Å²) in [5, 5.41) is 3.43. The Morgan fingerprint density at radius 1 is 1.19 bits per heavy atom. The van der Waals surface area contributed by atoms with E-state index in [1.165, 1.54) is 12.1 Å². The average Bonchev–Trinajstić information content (AvgIpc) is 2.66. The molecule has 0 aliphatic rings. The van der Waals surface area contributed by atoms with E-state index in [4.69, 9.17) is 27.6 Å². The summed E-state index contributed by atoms with van der Waals surface area (Å²) in [6.45, 7) is 0.438. The molecule has 0 aliphatic heterocycles. The molecule has 1 aromatic carbocycles. The highest BCUT2D eigenvalue weighted by molar-refractivity contribution is 6.30. The van der Waals surface area contributed by atoms with Crippen LogP contribution in [0, 0.1) is 5.82 Å². The van der Waals surface area contributed by atoms with Crippen LogP contribution in [0.1, 0.15) is 5.76 Å². The molecule has 0 saturated carbocycles. The van der Waals surface area contributed by atoms with E-state index in [0.29, 0.717) is 23.2 Å². The monoisotopic (exact) mass is 259 g/mol. The van der Waals surface area contributed by atoms with E-state index in [1.807, 2.05) is 0 Å². The van der Waals surface area contributed by atoms with Gasteiger partial charge in [0, 0.05) is 5.69 Å². The van der Waals surface area contributed by atoms with Crippen molar-refractivity contribution in [2.45, 2.75) is 6.54 Å². The highest BCUT2D eigenvalue weighted by Gasteiger charge is 2.02. The molecule has 0 saturated heterocycles. The van der Waals surface area contributed by atoms with Crippen LogP contribution in [0.15, 0.2) is 34.7 Å². The van der Waals surface area contributed by atoms with Gasteiger partial charge in [-0.25, -0.2) is 4.39 Å². The Labute approximate surface area is 102 Å². The summed E-state index contributed by atoms with van der Waals surface area (Å²) in [7, 11) is 0. The molecule has 5 heteroatoms. The second-order valence-electron chi connectivity index (χ2n) is 3.19. The minimum absolute atomic E-state index is 0.103. The number of hydrogen-bond acceptors (Lipinski definition) is 2. The van der Waals surface area contributed by atoms with Crippen molar-refractivity contribution >= 4 is 28.9 Å². The average molecular weight is 260 g/mol. The summed E-state index contributed by atoms with van der Waals surface area (Å²) in [4.78, 5) is 0. The van der Waals surface area contributed by atoms with Crippen LogP contribution in [0.25, 0.3) is 0 Å². The lowest BCUT2D eigenvalue weighted by Crippen LogP contribution is -1.98. The third kappa shape index (κ3) is 2.68. The Bertz CT molecular complexity index is 498.